The van der Waals surface area contributed by atoms with Crippen molar-refractivity contribution in [1.29, 1.82) is 0 Å². The summed E-state index contributed by atoms with van der Waals surface area (Å²) in [6, 6.07) is 8.85. The third kappa shape index (κ3) is 2.84. The summed E-state index contributed by atoms with van der Waals surface area (Å²) in [5.74, 6) is 1.21. The van der Waals surface area contributed by atoms with Gasteiger partial charge in [0.25, 0.3) is 0 Å². The van der Waals surface area contributed by atoms with E-state index >= 15 is 0 Å². The van der Waals surface area contributed by atoms with Crippen molar-refractivity contribution in [2.45, 2.75) is 6.61 Å². The summed E-state index contributed by atoms with van der Waals surface area (Å²) in [6.07, 6.45) is 1.57. The number of halogens is 1. The van der Waals surface area contributed by atoms with E-state index in [0.717, 1.165) is 4.47 Å². The number of hydrogen-bond donors (Lipinski definition) is 2. The van der Waals surface area contributed by atoms with Crippen LogP contribution in [0, 0.1) is 0 Å². The highest BCUT2D eigenvalue weighted by atomic mass is 79.9. The quantitative estimate of drug-likeness (QED) is 0.394. The smallest absolute Gasteiger partial charge is 0.173 e. The minimum Gasteiger partial charge on any atom is -0.485 e. The van der Waals surface area contributed by atoms with E-state index in [4.69, 9.17) is 20.1 Å². The monoisotopic (exact) mass is 310 g/mol. The van der Waals surface area contributed by atoms with E-state index < -0.39 is 0 Å². The van der Waals surface area contributed by atoms with E-state index in [1.165, 1.54) is 0 Å². The van der Waals surface area contributed by atoms with Gasteiger partial charge in [-0.1, -0.05) is 21.1 Å². The van der Waals surface area contributed by atoms with Crippen molar-refractivity contribution in [3.05, 3.63) is 52.4 Å². The fraction of sp³-hybridized carbons (Fsp3) is 0.0833. The first kappa shape index (κ1) is 12.5. The van der Waals surface area contributed by atoms with Crippen molar-refractivity contribution in [3.63, 3.8) is 0 Å². The molecule has 1 heterocycles. The second-order valence-corrected chi connectivity index (χ2v) is 4.41. The highest BCUT2D eigenvalue weighted by molar-refractivity contribution is 9.10. The van der Waals surface area contributed by atoms with Gasteiger partial charge in [-0.15, -0.1) is 0 Å². The summed E-state index contributed by atoms with van der Waals surface area (Å²) in [7, 11) is 0. The maximum Gasteiger partial charge on any atom is 0.173 e. The summed E-state index contributed by atoms with van der Waals surface area (Å²) in [5, 5.41) is 11.7. The van der Waals surface area contributed by atoms with Crippen molar-refractivity contribution < 1.29 is 14.4 Å². The highest BCUT2D eigenvalue weighted by Gasteiger charge is 2.10. The van der Waals surface area contributed by atoms with Crippen LogP contribution < -0.4 is 10.5 Å². The first-order valence-electron chi connectivity index (χ1n) is 5.13. The minimum absolute atomic E-state index is 0.00857. The Labute approximate surface area is 112 Å². The lowest BCUT2D eigenvalue weighted by Crippen LogP contribution is -2.14. The molecule has 0 fully saturated rings. The number of rotatable bonds is 4. The molecule has 0 atom stereocenters. The zero-order chi connectivity index (χ0) is 13.0. The van der Waals surface area contributed by atoms with Crippen molar-refractivity contribution in [2.75, 3.05) is 0 Å². The molecule has 0 aliphatic carbocycles. The molecule has 0 saturated heterocycles. The van der Waals surface area contributed by atoms with Gasteiger partial charge in [0.1, 0.15) is 18.1 Å². The molecule has 0 bridgehead atoms. The van der Waals surface area contributed by atoms with E-state index in [-0.39, 0.29) is 12.4 Å². The molecule has 0 aliphatic rings. The van der Waals surface area contributed by atoms with Gasteiger partial charge in [0, 0.05) is 4.47 Å². The predicted molar refractivity (Wildman–Crippen MR) is 69.7 cm³/mol. The Bertz CT molecular complexity index is 552. The Kier molecular flexibility index (Phi) is 3.88. The predicted octanol–water partition coefficient (Wildman–Crippen LogP) is 2.72. The van der Waals surface area contributed by atoms with E-state index in [9.17, 15) is 0 Å². The van der Waals surface area contributed by atoms with Crippen LogP contribution in [-0.4, -0.2) is 11.0 Å². The van der Waals surface area contributed by atoms with Gasteiger partial charge in [-0.3, -0.25) is 0 Å². The van der Waals surface area contributed by atoms with Crippen LogP contribution in [0.25, 0.3) is 0 Å². The molecule has 2 aromatic rings. The van der Waals surface area contributed by atoms with Gasteiger partial charge in [0.05, 0.1) is 11.8 Å². The van der Waals surface area contributed by atoms with Gasteiger partial charge in [0.15, 0.2) is 5.84 Å². The van der Waals surface area contributed by atoms with Crippen LogP contribution in [-0.2, 0) is 6.61 Å². The van der Waals surface area contributed by atoms with Gasteiger partial charge in [-0.2, -0.15) is 0 Å². The molecule has 5 nitrogen and oxygen atoms in total. The summed E-state index contributed by atoms with van der Waals surface area (Å²) < 4.78 is 11.5. The lowest BCUT2D eigenvalue weighted by atomic mass is 10.2. The topological polar surface area (TPSA) is 81.0 Å². The van der Waals surface area contributed by atoms with Crippen molar-refractivity contribution in [1.82, 2.24) is 0 Å². The first-order chi connectivity index (χ1) is 8.70. The number of benzene rings is 1. The number of ether oxygens (including phenoxy) is 1. The largest absolute Gasteiger partial charge is 0.485 e. The molecule has 2 rings (SSSR count). The van der Waals surface area contributed by atoms with Crippen LogP contribution in [0.2, 0.25) is 0 Å². The zero-order valence-electron chi connectivity index (χ0n) is 9.34. The number of oxime groups is 1. The van der Waals surface area contributed by atoms with Gasteiger partial charge in [-0.25, -0.2) is 0 Å². The van der Waals surface area contributed by atoms with Gasteiger partial charge >= 0.3 is 0 Å². The summed E-state index contributed by atoms with van der Waals surface area (Å²) in [5.41, 5.74) is 6.10. The fourth-order valence-corrected chi connectivity index (χ4v) is 1.79. The minimum atomic E-state index is -0.00857. The summed E-state index contributed by atoms with van der Waals surface area (Å²) in [4.78, 5) is 0. The van der Waals surface area contributed by atoms with Crippen molar-refractivity contribution in [2.24, 2.45) is 10.9 Å². The van der Waals surface area contributed by atoms with Crippen LogP contribution in [0.1, 0.15) is 11.3 Å². The Hall–Kier alpha value is -1.95. The molecule has 0 radical (unpaired) electrons. The first-order valence-corrected chi connectivity index (χ1v) is 5.92. The van der Waals surface area contributed by atoms with E-state index in [0.29, 0.717) is 17.1 Å². The third-order valence-electron chi connectivity index (χ3n) is 2.28. The fourth-order valence-electron chi connectivity index (χ4n) is 1.43. The highest BCUT2D eigenvalue weighted by Crippen LogP contribution is 2.24. The Morgan fingerprint density at radius 1 is 1.44 bits per heavy atom. The molecular formula is C12H11BrN2O3. The standard InChI is InChI=1S/C12H11BrN2O3/c13-8-3-4-11(10(6-8)12(14)15-16)18-7-9-2-1-5-17-9/h1-6,16H,7H2,(H2,14,15). The average Bonchev–Trinajstić information content (AvgIpc) is 2.89. The number of furan rings is 1. The summed E-state index contributed by atoms with van der Waals surface area (Å²) in [6.45, 7) is 0.278. The SMILES string of the molecule is N/C(=N/O)c1cc(Br)ccc1OCc1ccco1. The third-order valence-corrected chi connectivity index (χ3v) is 2.77. The molecule has 18 heavy (non-hydrogen) atoms. The second kappa shape index (κ2) is 5.59. The number of nitrogens with two attached hydrogens (primary N) is 1. The molecule has 94 valence electrons. The second-order valence-electron chi connectivity index (χ2n) is 3.49. The molecule has 6 heteroatoms. The van der Waals surface area contributed by atoms with E-state index in [1.807, 2.05) is 12.1 Å². The molecule has 3 N–H and O–H groups in total. The number of hydrogen-bond acceptors (Lipinski definition) is 4. The molecule has 0 amide bonds. The van der Waals surface area contributed by atoms with E-state index in [1.54, 1.807) is 24.5 Å². The molecule has 0 aliphatic heterocycles. The molecule has 0 unspecified atom stereocenters. The summed E-state index contributed by atoms with van der Waals surface area (Å²) >= 11 is 3.32. The number of nitrogens with zero attached hydrogens (tertiary/aromatic N) is 1. The number of amidine groups is 1. The Balaban J connectivity index is 2.21. The van der Waals surface area contributed by atoms with Crippen LogP contribution in [0.3, 0.4) is 0 Å². The zero-order valence-corrected chi connectivity index (χ0v) is 10.9. The van der Waals surface area contributed by atoms with Crippen LogP contribution >= 0.6 is 15.9 Å². The van der Waals surface area contributed by atoms with Gasteiger partial charge in [0.2, 0.25) is 0 Å². The molecule has 1 aromatic carbocycles. The van der Waals surface area contributed by atoms with Crippen LogP contribution in [0.5, 0.6) is 5.75 Å². The molecule has 0 spiro atoms. The van der Waals surface area contributed by atoms with Crippen LogP contribution in [0.15, 0.2) is 50.6 Å². The van der Waals surface area contributed by atoms with E-state index in [2.05, 4.69) is 21.1 Å². The van der Waals surface area contributed by atoms with Crippen LogP contribution in [0.4, 0.5) is 0 Å². The lowest BCUT2D eigenvalue weighted by molar-refractivity contribution is 0.269. The maximum atomic E-state index is 8.73. The average molecular weight is 311 g/mol. The maximum absolute atomic E-state index is 8.73. The van der Waals surface area contributed by atoms with Crippen molar-refractivity contribution >= 4 is 21.8 Å². The Morgan fingerprint density at radius 3 is 2.94 bits per heavy atom. The molecule has 0 saturated carbocycles. The van der Waals surface area contributed by atoms with Crippen molar-refractivity contribution in [3.8, 4) is 5.75 Å². The Morgan fingerprint density at radius 2 is 2.28 bits per heavy atom. The lowest BCUT2D eigenvalue weighted by Gasteiger charge is -2.09. The molecular weight excluding hydrogens is 300 g/mol. The normalized spacial score (nSPS) is 11.5. The van der Waals surface area contributed by atoms with Gasteiger partial charge in [-0.05, 0) is 30.3 Å². The van der Waals surface area contributed by atoms with Gasteiger partial charge < -0.3 is 20.1 Å². The molecule has 1 aromatic heterocycles.